The third-order valence-electron chi connectivity index (χ3n) is 4.37. The van der Waals surface area contributed by atoms with Crippen molar-refractivity contribution in [3.8, 4) is 0 Å². The Hall–Kier alpha value is -0.0800. The van der Waals surface area contributed by atoms with Crippen molar-refractivity contribution < 1.29 is 5.11 Å². The maximum atomic E-state index is 10.6. The lowest BCUT2D eigenvalue weighted by Crippen LogP contribution is -2.49. The Bertz CT molecular complexity index is 179. The van der Waals surface area contributed by atoms with E-state index in [-0.39, 0.29) is 5.41 Å². The van der Waals surface area contributed by atoms with Crippen LogP contribution in [0.15, 0.2) is 0 Å². The van der Waals surface area contributed by atoms with E-state index in [4.69, 9.17) is 5.73 Å². The van der Waals surface area contributed by atoms with Gasteiger partial charge < -0.3 is 10.8 Å². The zero-order valence-electron chi connectivity index (χ0n) is 8.39. The van der Waals surface area contributed by atoms with Crippen molar-refractivity contribution in [1.82, 2.24) is 0 Å². The number of nitrogens with two attached hydrogens (primary N) is 1. The van der Waals surface area contributed by atoms with Crippen LogP contribution in [-0.2, 0) is 0 Å². The Labute approximate surface area is 80.5 Å². The van der Waals surface area contributed by atoms with Crippen LogP contribution in [0.5, 0.6) is 0 Å². The second kappa shape index (κ2) is 3.25. The van der Waals surface area contributed by atoms with Gasteiger partial charge in [0, 0.05) is 12.0 Å². The molecule has 2 heteroatoms. The molecule has 2 rings (SSSR count). The molecule has 76 valence electrons. The minimum atomic E-state index is -0.405. The van der Waals surface area contributed by atoms with E-state index in [0.29, 0.717) is 6.54 Å². The van der Waals surface area contributed by atoms with E-state index in [1.807, 2.05) is 0 Å². The molecule has 0 aliphatic heterocycles. The van der Waals surface area contributed by atoms with E-state index in [1.165, 1.54) is 25.7 Å². The van der Waals surface area contributed by atoms with Gasteiger partial charge >= 0.3 is 0 Å². The molecule has 13 heavy (non-hydrogen) atoms. The highest BCUT2D eigenvalue weighted by Gasteiger charge is 2.51. The molecule has 2 aliphatic rings. The SMILES string of the molecule is NCC1(C2(O)CCCC2)CCCC1. The molecule has 3 N–H and O–H groups in total. The quantitative estimate of drug-likeness (QED) is 0.686. The molecule has 2 saturated carbocycles. The summed E-state index contributed by atoms with van der Waals surface area (Å²) in [5.41, 5.74) is 5.56. The van der Waals surface area contributed by atoms with E-state index in [1.54, 1.807) is 0 Å². The van der Waals surface area contributed by atoms with Crippen molar-refractivity contribution in [2.75, 3.05) is 6.54 Å². The van der Waals surface area contributed by atoms with Gasteiger partial charge in [-0.05, 0) is 25.7 Å². The lowest BCUT2D eigenvalue weighted by molar-refractivity contribution is -0.0725. The fraction of sp³-hybridized carbons (Fsp3) is 1.00. The molecule has 0 unspecified atom stereocenters. The maximum absolute atomic E-state index is 10.6. The van der Waals surface area contributed by atoms with E-state index in [2.05, 4.69) is 0 Å². The molecule has 0 aromatic heterocycles. The van der Waals surface area contributed by atoms with Crippen molar-refractivity contribution in [2.24, 2.45) is 11.1 Å². The second-order valence-corrected chi connectivity index (χ2v) is 4.93. The van der Waals surface area contributed by atoms with Gasteiger partial charge in [0.05, 0.1) is 5.60 Å². The molecule has 2 aliphatic carbocycles. The summed E-state index contributed by atoms with van der Waals surface area (Å²) < 4.78 is 0. The van der Waals surface area contributed by atoms with E-state index >= 15 is 0 Å². The Morgan fingerprint density at radius 2 is 1.38 bits per heavy atom. The van der Waals surface area contributed by atoms with Crippen LogP contribution in [0.4, 0.5) is 0 Å². The minimum absolute atomic E-state index is 0.0868. The molecule has 0 spiro atoms. The molecule has 0 amide bonds. The third kappa shape index (κ3) is 1.31. The fourth-order valence-electron chi connectivity index (χ4n) is 3.40. The summed E-state index contributed by atoms with van der Waals surface area (Å²) in [5.74, 6) is 0. The van der Waals surface area contributed by atoms with Crippen LogP contribution in [0.1, 0.15) is 51.4 Å². The van der Waals surface area contributed by atoms with Gasteiger partial charge in [-0.1, -0.05) is 25.7 Å². The first-order valence-electron chi connectivity index (χ1n) is 5.65. The van der Waals surface area contributed by atoms with Crippen LogP contribution in [-0.4, -0.2) is 17.3 Å². The first-order chi connectivity index (χ1) is 6.22. The van der Waals surface area contributed by atoms with Crippen molar-refractivity contribution in [2.45, 2.75) is 57.0 Å². The molecule has 0 heterocycles. The first kappa shape index (κ1) is 9.47. The average Bonchev–Trinajstić information content (AvgIpc) is 2.73. The average molecular weight is 183 g/mol. The topological polar surface area (TPSA) is 46.2 Å². The number of hydrogen-bond acceptors (Lipinski definition) is 2. The predicted molar refractivity (Wildman–Crippen MR) is 53.4 cm³/mol. The van der Waals surface area contributed by atoms with Crippen LogP contribution in [0.2, 0.25) is 0 Å². The lowest BCUT2D eigenvalue weighted by Gasteiger charge is -2.42. The lowest BCUT2D eigenvalue weighted by atomic mass is 9.69. The third-order valence-corrected chi connectivity index (χ3v) is 4.37. The molecule has 0 aromatic carbocycles. The van der Waals surface area contributed by atoms with Crippen molar-refractivity contribution in [3.05, 3.63) is 0 Å². The second-order valence-electron chi connectivity index (χ2n) is 4.93. The zero-order valence-corrected chi connectivity index (χ0v) is 8.39. The first-order valence-corrected chi connectivity index (χ1v) is 5.65. The molecule has 2 fully saturated rings. The highest BCUT2D eigenvalue weighted by atomic mass is 16.3. The molecule has 0 radical (unpaired) electrons. The highest BCUT2D eigenvalue weighted by molar-refractivity contribution is 5.04. The van der Waals surface area contributed by atoms with Crippen LogP contribution in [0.25, 0.3) is 0 Å². The largest absolute Gasteiger partial charge is 0.389 e. The Morgan fingerprint density at radius 1 is 0.923 bits per heavy atom. The van der Waals surface area contributed by atoms with Crippen LogP contribution >= 0.6 is 0 Å². The monoisotopic (exact) mass is 183 g/mol. The summed E-state index contributed by atoms with van der Waals surface area (Å²) in [7, 11) is 0. The number of rotatable bonds is 2. The summed E-state index contributed by atoms with van der Waals surface area (Å²) in [4.78, 5) is 0. The van der Waals surface area contributed by atoms with Gasteiger partial charge in [0.2, 0.25) is 0 Å². The molecular weight excluding hydrogens is 162 g/mol. The van der Waals surface area contributed by atoms with E-state index in [0.717, 1.165) is 25.7 Å². The summed E-state index contributed by atoms with van der Waals surface area (Å²) in [6.07, 6.45) is 9.20. The van der Waals surface area contributed by atoms with Crippen LogP contribution in [0.3, 0.4) is 0 Å². The van der Waals surface area contributed by atoms with Crippen LogP contribution in [0, 0.1) is 5.41 Å². The smallest absolute Gasteiger partial charge is 0.0715 e. The molecular formula is C11H21NO. The van der Waals surface area contributed by atoms with Gasteiger partial charge in [-0.3, -0.25) is 0 Å². The highest BCUT2D eigenvalue weighted by Crippen LogP contribution is 2.52. The molecule has 0 aromatic rings. The van der Waals surface area contributed by atoms with Gasteiger partial charge in [0.15, 0.2) is 0 Å². The Kier molecular flexibility index (Phi) is 2.37. The molecule has 0 atom stereocenters. The van der Waals surface area contributed by atoms with Crippen molar-refractivity contribution >= 4 is 0 Å². The number of aliphatic hydroxyl groups is 1. The van der Waals surface area contributed by atoms with Gasteiger partial charge in [-0.15, -0.1) is 0 Å². The van der Waals surface area contributed by atoms with E-state index < -0.39 is 5.60 Å². The van der Waals surface area contributed by atoms with Gasteiger partial charge in [-0.2, -0.15) is 0 Å². The normalized spacial score (nSPS) is 30.9. The Morgan fingerprint density at radius 3 is 1.85 bits per heavy atom. The minimum Gasteiger partial charge on any atom is -0.389 e. The zero-order chi connectivity index (χ0) is 9.36. The van der Waals surface area contributed by atoms with Crippen molar-refractivity contribution in [1.29, 1.82) is 0 Å². The summed E-state index contributed by atoms with van der Waals surface area (Å²) in [5, 5.41) is 10.6. The summed E-state index contributed by atoms with van der Waals surface area (Å²) >= 11 is 0. The van der Waals surface area contributed by atoms with Crippen molar-refractivity contribution in [3.63, 3.8) is 0 Å². The van der Waals surface area contributed by atoms with Gasteiger partial charge in [-0.25, -0.2) is 0 Å². The summed E-state index contributed by atoms with van der Waals surface area (Å²) in [6.45, 7) is 0.684. The van der Waals surface area contributed by atoms with Crippen LogP contribution < -0.4 is 5.73 Å². The van der Waals surface area contributed by atoms with Gasteiger partial charge in [0.1, 0.15) is 0 Å². The van der Waals surface area contributed by atoms with E-state index in [9.17, 15) is 5.11 Å². The number of hydrogen-bond donors (Lipinski definition) is 2. The predicted octanol–water partition coefficient (Wildman–Crippen LogP) is 1.81. The standard InChI is InChI=1S/C11H21NO/c12-9-10(5-1-2-6-10)11(13)7-3-4-8-11/h13H,1-9,12H2. The fourth-order valence-corrected chi connectivity index (χ4v) is 3.40. The summed E-state index contributed by atoms with van der Waals surface area (Å²) in [6, 6.07) is 0. The van der Waals surface area contributed by atoms with Gasteiger partial charge in [0.25, 0.3) is 0 Å². The maximum Gasteiger partial charge on any atom is 0.0715 e. The Balaban J connectivity index is 2.18. The molecule has 0 saturated heterocycles. The molecule has 0 bridgehead atoms. The molecule has 2 nitrogen and oxygen atoms in total.